The maximum absolute atomic E-state index is 5.80. The number of pyridine rings is 1. The summed E-state index contributed by atoms with van der Waals surface area (Å²) >= 11 is 0. The molecule has 1 aromatic rings. The van der Waals surface area contributed by atoms with Crippen LogP contribution in [0.25, 0.3) is 0 Å². The smallest absolute Gasteiger partial charge is 0.140 e. The Hall–Kier alpha value is -1.09. The SMILES string of the molecule is Cc1ncccc1OCC1(CCN)CC1. The van der Waals surface area contributed by atoms with Gasteiger partial charge in [0.05, 0.1) is 12.3 Å². The summed E-state index contributed by atoms with van der Waals surface area (Å²) in [6.07, 6.45) is 5.37. The highest BCUT2D eigenvalue weighted by Gasteiger charge is 2.42. The van der Waals surface area contributed by atoms with E-state index < -0.39 is 0 Å². The molecule has 1 saturated carbocycles. The molecule has 0 radical (unpaired) electrons. The van der Waals surface area contributed by atoms with E-state index in [0.29, 0.717) is 5.41 Å². The molecule has 0 saturated heterocycles. The third-order valence-corrected chi connectivity index (χ3v) is 3.12. The van der Waals surface area contributed by atoms with Crippen LogP contribution in [0.3, 0.4) is 0 Å². The molecule has 1 aliphatic rings. The zero-order valence-electron chi connectivity index (χ0n) is 9.20. The van der Waals surface area contributed by atoms with E-state index in [1.54, 1.807) is 6.20 Å². The van der Waals surface area contributed by atoms with Gasteiger partial charge in [-0.25, -0.2) is 0 Å². The lowest BCUT2D eigenvalue weighted by Gasteiger charge is -2.15. The van der Waals surface area contributed by atoms with Crippen LogP contribution in [-0.4, -0.2) is 18.1 Å². The molecule has 15 heavy (non-hydrogen) atoms. The summed E-state index contributed by atoms with van der Waals surface area (Å²) in [5.41, 5.74) is 6.92. The van der Waals surface area contributed by atoms with E-state index in [9.17, 15) is 0 Å². The Balaban J connectivity index is 1.91. The van der Waals surface area contributed by atoms with E-state index in [2.05, 4.69) is 4.98 Å². The van der Waals surface area contributed by atoms with Gasteiger partial charge in [-0.2, -0.15) is 0 Å². The van der Waals surface area contributed by atoms with Gasteiger partial charge in [-0.3, -0.25) is 4.98 Å². The number of hydrogen-bond donors (Lipinski definition) is 1. The van der Waals surface area contributed by atoms with E-state index in [4.69, 9.17) is 10.5 Å². The summed E-state index contributed by atoms with van der Waals surface area (Å²) in [5, 5.41) is 0. The second-order valence-electron chi connectivity index (χ2n) is 4.41. The molecule has 0 aromatic carbocycles. The molecule has 0 atom stereocenters. The Labute approximate surface area is 90.7 Å². The lowest BCUT2D eigenvalue weighted by molar-refractivity contribution is 0.225. The average molecular weight is 206 g/mol. The normalized spacial score (nSPS) is 17.5. The van der Waals surface area contributed by atoms with Crippen molar-refractivity contribution in [2.75, 3.05) is 13.2 Å². The summed E-state index contributed by atoms with van der Waals surface area (Å²) in [6, 6.07) is 3.88. The van der Waals surface area contributed by atoms with Crippen LogP contribution in [0.15, 0.2) is 18.3 Å². The summed E-state index contributed by atoms with van der Waals surface area (Å²) in [6.45, 7) is 3.52. The maximum atomic E-state index is 5.80. The van der Waals surface area contributed by atoms with Gasteiger partial charge in [0.25, 0.3) is 0 Å². The first-order chi connectivity index (χ1) is 7.26. The quantitative estimate of drug-likeness (QED) is 0.800. The van der Waals surface area contributed by atoms with Gasteiger partial charge in [0.1, 0.15) is 5.75 Å². The molecular weight excluding hydrogens is 188 g/mol. The van der Waals surface area contributed by atoms with Crippen molar-refractivity contribution in [2.24, 2.45) is 11.1 Å². The van der Waals surface area contributed by atoms with Gasteiger partial charge >= 0.3 is 0 Å². The van der Waals surface area contributed by atoms with Crippen molar-refractivity contribution in [3.63, 3.8) is 0 Å². The molecule has 0 amide bonds. The summed E-state index contributed by atoms with van der Waals surface area (Å²) in [4.78, 5) is 4.20. The molecule has 0 spiro atoms. The monoisotopic (exact) mass is 206 g/mol. The molecule has 1 aromatic heterocycles. The Morgan fingerprint density at radius 1 is 1.53 bits per heavy atom. The standard InChI is InChI=1S/C12H18N2O/c1-10-11(3-2-8-14-10)15-9-12(4-5-12)6-7-13/h2-3,8H,4-7,9,13H2,1H3. The molecule has 1 heterocycles. The van der Waals surface area contributed by atoms with Crippen molar-refractivity contribution >= 4 is 0 Å². The Morgan fingerprint density at radius 3 is 2.93 bits per heavy atom. The van der Waals surface area contributed by atoms with Crippen LogP contribution in [0.2, 0.25) is 0 Å². The zero-order valence-corrected chi connectivity index (χ0v) is 9.20. The fourth-order valence-electron chi connectivity index (χ4n) is 1.80. The van der Waals surface area contributed by atoms with E-state index in [-0.39, 0.29) is 0 Å². The van der Waals surface area contributed by atoms with Crippen LogP contribution in [0.1, 0.15) is 25.0 Å². The third kappa shape index (κ3) is 2.48. The second kappa shape index (κ2) is 4.19. The Bertz CT molecular complexity index is 334. The topological polar surface area (TPSA) is 48.1 Å². The molecule has 2 N–H and O–H groups in total. The van der Waals surface area contributed by atoms with Crippen LogP contribution < -0.4 is 10.5 Å². The molecule has 1 fully saturated rings. The van der Waals surface area contributed by atoms with Crippen molar-refractivity contribution < 1.29 is 4.74 Å². The number of rotatable bonds is 5. The molecule has 3 heteroatoms. The molecule has 0 aliphatic heterocycles. The second-order valence-corrected chi connectivity index (χ2v) is 4.41. The van der Waals surface area contributed by atoms with Crippen LogP contribution in [0.4, 0.5) is 0 Å². The highest BCUT2D eigenvalue weighted by atomic mass is 16.5. The highest BCUT2D eigenvalue weighted by molar-refractivity contribution is 5.25. The Kier molecular flexibility index (Phi) is 2.91. The molecule has 0 bridgehead atoms. The van der Waals surface area contributed by atoms with Gasteiger partial charge < -0.3 is 10.5 Å². The maximum Gasteiger partial charge on any atom is 0.140 e. The van der Waals surface area contributed by atoms with Gasteiger partial charge in [0.2, 0.25) is 0 Å². The summed E-state index contributed by atoms with van der Waals surface area (Å²) in [5.74, 6) is 0.904. The fourth-order valence-corrected chi connectivity index (χ4v) is 1.80. The van der Waals surface area contributed by atoms with Crippen molar-refractivity contribution in [3.8, 4) is 5.75 Å². The van der Waals surface area contributed by atoms with Crippen LogP contribution >= 0.6 is 0 Å². The predicted molar refractivity (Wildman–Crippen MR) is 59.8 cm³/mol. The lowest BCUT2D eigenvalue weighted by Crippen LogP contribution is -2.17. The largest absolute Gasteiger partial charge is 0.491 e. The Morgan fingerprint density at radius 2 is 2.33 bits per heavy atom. The number of nitrogens with two attached hydrogens (primary N) is 1. The van der Waals surface area contributed by atoms with E-state index in [0.717, 1.165) is 31.0 Å². The molecule has 1 aliphatic carbocycles. The van der Waals surface area contributed by atoms with Crippen molar-refractivity contribution in [2.45, 2.75) is 26.2 Å². The number of nitrogens with zero attached hydrogens (tertiary/aromatic N) is 1. The van der Waals surface area contributed by atoms with E-state index in [1.807, 2.05) is 19.1 Å². The molecule has 0 unspecified atom stereocenters. The van der Waals surface area contributed by atoms with Crippen LogP contribution in [0, 0.1) is 12.3 Å². The first-order valence-corrected chi connectivity index (χ1v) is 5.50. The van der Waals surface area contributed by atoms with Gasteiger partial charge in [0, 0.05) is 11.6 Å². The van der Waals surface area contributed by atoms with Crippen molar-refractivity contribution in [1.82, 2.24) is 4.98 Å². The minimum Gasteiger partial charge on any atom is -0.491 e. The van der Waals surface area contributed by atoms with Crippen molar-refractivity contribution in [1.29, 1.82) is 0 Å². The zero-order chi connectivity index (χ0) is 10.7. The molecule has 82 valence electrons. The molecular formula is C12H18N2O. The minimum atomic E-state index is 0.372. The number of ether oxygens (including phenoxy) is 1. The highest BCUT2D eigenvalue weighted by Crippen LogP contribution is 2.48. The molecule has 2 rings (SSSR count). The van der Waals surface area contributed by atoms with Gasteiger partial charge in [0.15, 0.2) is 0 Å². The fraction of sp³-hybridized carbons (Fsp3) is 0.583. The van der Waals surface area contributed by atoms with E-state index >= 15 is 0 Å². The average Bonchev–Trinajstić information content (AvgIpc) is 2.98. The van der Waals surface area contributed by atoms with Gasteiger partial charge in [-0.05, 0) is 44.9 Å². The van der Waals surface area contributed by atoms with Crippen LogP contribution in [-0.2, 0) is 0 Å². The summed E-state index contributed by atoms with van der Waals surface area (Å²) < 4.78 is 5.80. The lowest BCUT2D eigenvalue weighted by atomic mass is 10.0. The minimum absolute atomic E-state index is 0.372. The number of aryl methyl sites for hydroxylation is 1. The first kappa shape index (κ1) is 10.4. The number of hydrogen-bond acceptors (Lipinski definition) is 3. The van der Waals surface area contributed by atoms with Gasteiger partial charge in [-0.1, -0.05) is 0 Å². The van der Waals surface area contributed by atoms with Crippen molar-refractivity contribution in [3.05, 3.63) is 24.0 Å². The predicted octanol–water partition coefficient (Wildman–Crippen LogP) is 1.90. The summed E-state index contributed by atoms with van der Waals surface area (Å²) in [7, 11) is 0. The third-order valence-electron chi connectivity index (χ3n) is 3.12. The van der Waals surface area contributed by atoms with E-state index in [1.165, 1.54) is 12.8 Å². The van der Waals surface area contributed by atoms with Gasteiger partial charge in [-0.15, -0.1) is 0 Å². The van der Waals surface area contributed by atoms with Crippen LogP contribution in [0.5, 0.6) is 5.75 Å². The first-order valence-electron chi connectivity index (χ1n) is 5.50. The number of aromatic nitrogens is 1. The molecule has 3 nitrogen and oxygen atoms in total.